The van der Waals surface area contributed by atoms with Crippen LogP contribution in [0.25, 0.3) is 11.0 Å². The Bertz CT molecular complexity index is 825. The lowest BCUT2D eigenvalue weighted by Crippen LogP contribution is -2.16. The molecule has 0 aliphatic carbocycles. The number of rotatable bonds is 7. The molecule has 0 unspecified atom stereocenters. The Morgan fingerprint density at radius 2 is 1.92 bits per heavy atom. The minimum Gasteiger partial charge on any atom is -0.368 e. The summed E-state index contributed by atoms with van der Waals surface area (Å²) in [5.41, 5.74) is 2.00. The number of aryl methyl sites for hydroxylation is 3. The Balaban J connectivity index is 1.69. The molecule has 0 saturated carbocycles. The van der Waals surface area contributed by atoms with Gasteiger partial charge in [-0.05, 0) is 25.0 Å². The van der Waals surface area contributed by atoms with Gasteiger partial charge in [0.2, 0.25) is 0 Å². The molecular weight excluding hydrogens is 302 g/mol. The summed E-state index contributed by atoms with van der Waals surface area (Å²) < 4.78 is 1.79. The lowest BCUT2D eigenvalue weighted by Gasteiger charge is -2.11. The highest BCUT2D eigenvalue weighted by Crippen LogP contribution is 2.20. The van der Waals surface area contributed by atoms with Crippen molar-refractivity contribution in [1.29, 1.82) is 0 Å². The number of nitrogens with zero attached hydrogens (tertiary/aromatic N) is 5. The van der Waals surface area contributed by atoms with Crippen LogP contribution >= 0.6 is 0 Å². The molecule has 0 aliphatic rings. The van der Waals surface area contributed by atoms with E-state index in [9.17, 15) is 0 Å². The van der Waals surface area contributed by atoms with Gasteiger partial charge in [0, 0.05) is 32.8 Å². The Morgan fingerprint density at radius 1 is 1.12 bits per heavy atom. The molecule has 3 heterocycles. The van der Waals surface area contributed by atoms with Gasteiger partial charge >= 0.3 is 0 Å². The maximum atomic E-state index is 4.65. The normalized spacial score (nSPS) is 11.0. The number of pyridine rings is 1. The van der Waals surface area contributed by atoms with E-state index in [2.05, 4.69) is 37.6 Å². The van der Waals surface area contributed by atoms with Crippen molar-refractivity contribution in [3.63, 3.8) is 0 Å². The molecule has 3 aromatic heterocycles. The quantitative estimate of drug-likeness (QED) is 0.650. The van der Waals surface area contributed by atoms with E-state index in [-0.39, 0.29) is 0 Å². The van der Waals surface area contributed by atoms with E-state index in [0.29, 0.717) is 0 Å². The van der Waals surface area contributed by atoms with Crippen molar-refractivity contribution in [2.24, 2.45) is 7.05 Å². The first-order valence-electron chi connectivity index (χ1n) is 8.27. The van der Waals surface area contributed by atoms with E-state index in [4.69, 9.17) is 0 Å². The Labute approximate surface area is 141 Å². The van der Waals surface area contributed by atoms with Crippen LogP contribution in [0.3, 0.4) is 0 Å². The number of nitrogens with one attached hydrogen (secondary N) is 2. The predicted molar refractivity (Wildman–Crippen MR) is 96.3 cm³/mol. The maximum absolute atomic E-state index is 4.65. The zero-order chi connectivity index (χ0) is 16.9. The van der Waals surface area contributed by atoms with Crippen molar-refractivity contribution in [3.05, 3.63) is 35.9 Å². The number of hydrogen-bond donors (Lipinski definition) is 2. The summed E-state index contributed by atoms with van der Waals surface area (Å²) in [7, 11) is 1.90. The largest absolute Gasteiger partial charge is 0.368 e. The first-order chi connectivity index (χ1) is 11.7. The molecule has 0 atom stereocenters. The molecule has 0 aromatic carbocycles. The highest BCUT2D eigenvalue weighted by molar-refractivity contribution is 5.86. The SMILES string of the molecule is CCCc1nc(NCCNc2ncccc2C)c2cnn(C)c2n1. The minimum atomic E-state index is 0.739. The Kier molecular flexibility index (Phi) is 4.88. The Hall–Kier alpha value is -2.70. The van der Waals surface area contributed by atoms with Gasteiger partial charge in [0.1, 0.15) is 17.5 Å². The van der Waals surface area contributed by atoms with Crippen LogP contribution < -0.4 is 10.6 Å². The molecule has 126 valence electrons. The fourth-order valence-electron chi connectivity index (χ4n) is 2.57. The third kappa shape index (κ3) is 3.45. The van der Waals surface area contributed by atoms with E-state index in [1.165, 1.54) is 0 Å². The Morgan fingerprint density at radius 3 is 2.67 bits per heavy atom. The van der Waals surface area contributed by atoms with Crippen LogP contribution in [0.2, 0.25) is 0 Å². The van der Waals surface area contributed by atoms with Crippen molar-refractivity contribution < 1.29 is 0 Å². The highest BCUT2D eigenvalue weighted by Gasteiger charge is 2.10. The van der Waals surface area contributed by atoms with Gasteiger partial charge in [-0.2, -0.15) is 5.10 Å². The molecule has 0 saturated heterocycles. The monoisotopic (exact) mass is 325 g/mol. The molecule has 0 radical (unpaired) electrons. The summed E-state index contributed by atoms with van der Waals surface area (Å²) in [5.74, 6) is 2.61. The summed E-state index contributed by atoms with van der Waals surface area (Å²) in [6.07, 6.45) is 5.48. The topological polar surface area (TPSA) is 80.5 Å². The van der Waals surface area contributed by atoms with Gasteiger partial charge in [0.05, 0.1) is 11.6 Å². The van der Waals surface area contributed by atoms with Crippen molar-refractivity contribution in [2.45, 2.75) is 26.7 Å². The fourth-order valence-corrected chi connectivity index (χ4v) is 2.57. The molecule has 0 fully saturated rings. The third-order valence-corrected chi connectivity index (χ3v) is 3.83. The summed E-state index contributed by atoms with van der Waals surface area (Å²) in [4.78, 5) is 13.6. The zero-order valence-corrected chi connectivity index (χ0v) is 14.4. The van der Waals surface area contributed by atoms with Gasteiger partial charge in [0.15, 0.2) is 5.65 Å². The van der Waals surface area contributed by atoms with Gasteiger partial charge < -0.3 is 10.6 Å². The third-order valence-electron chi connectivity index (χ3n) is 3.83. The summed E-state index contributed by atoms with van der Waals surface area (Å²) in [6, 6.07) is 3.98. The minimum absolute atomic E-state index is 0.739. The van der Waals surface area contributed by atoms with Gasteiger partial charge in [-0.15, -0.1) is 0 Å². The number of hydrogen-bond acceptors (Lipinski definition) is 6. The summed E-state index contributed by atoms with van der Waals surface area (Å²) >= 11 is 0. The average molecular weight is 325 g/mol. The molecule has 0 bridgehead atoms. The van der Waals surface area contributed by atoms with Crippen molar-refractivity contribution in [2.75, 3.05) is 23.7 Å². The van der Waals surface area contributed by atoms with E-state index >= 15 is 0 Å². The smallest absolute Gasteiger partial charge is 0.163 e. The average Bonchev–Trinajstić information content (AvgIpc) is 2.95. The van der Waals surface area contributed by atoms with Gasteiger partial charge in [-0.3, -0.25) is 4.68 Å². The van der Waals surface area contributed by atoms with Crippen LogP contribution in [0.4, 0.5) is 11.6 Å². The van der Waals surface area contributed by atoms with Crippen LogP contribution in [0, 0.1) is 6.92 Å². The van der Waals surface area contributed by atoms with Crippen LogP contribution in [-0.2, 0) is 13.5 Å². The van der Waals surface area contributed by atoms with E-state index in [1.807, 2.05) is 32.3 Å². The van der Waals surface area contributed by atoms with Crippen LogP contribution in [0.15, 0.2) is 24.5 Å². The molecule has 7 heteroatoms. The van der Waals surface area contributed by atoms with E-state index in [0.717, 1.165) is 60.0 Å². The second kappa shape index (κ2) is 7.25. The number of aromatic nitrogens is 5. The molecule has 0 spiro atoms. The fraction of sp³-hybridized carbons (Fsp3) is 0.412. The van der Waals surface area contributed by atoms with Crippen LogP contribution in [-0.4, -0.2) is 37.8 Å². The lowest BCUT2D eigenvalue weighted by molar-refractivity contribution is 0.772. The standard InChI is InChI=1S/C17H23N7/c1-4-6-14-22-16(13-11-21-24(3)17(13)23-14)20-10-9-19-15-12(2)7-5-8-18-15/h5,7-8,11H,4,6,9-10H2,1-3H3,(H,18,19)(H,20,22,23). The first-order valence-corrected chi connectivity index (χ1v) is 8.27. The second-order valence-electron chi connectivity index (χ2n) is 5.77. The van der Waals surface area contributed by atoms with Gasteiger partial charge in [0.25, 0.3) is 0 Å². The molecule has 7 nitrogen and oxygen atoms in total. The van der Waals surface area contributed by atoms with E-state index in [1.54, 1.807) is 10.9 Å². The zero-order valence-electron chi connectivity index (χ0n) is 14.4. The molecule has 3 aromatic rings. The molecule has 0 aliphatic heterocycles. The molecule has 3 rings (SSSR count). The van der Waals surface area contributed by atoms with Gasteiger partial charge in [-0.1, -0.05) is 13.0 Å². The first kappa shape index (κ1) is 16.2. The molecule has 24 heavy (non-hydrogen) atoms. The summed E-state index contributed by atoms with van der Waals surface area (Å²) in [5, 5.41) is 12.0. The van der Waals surface area contributed by atoms with E-state index < -0.39 is 0 Å². The number of fused-ring (bicyclic) bond motifs is 1. The van der Waals surface area contributed by atoms with Crippen molar-refractivity contribution in [3.8, 4) is 0 Å². The van der Waals surface area contributed by atoms with Crippen LogP contribution in [0.1, 0.15) is 24.7 Å². The molecular formula is C17H23N7. The van der Waals surface area contributed by atoms with Crippen LogP contribution in [0.5, 0.6) is 0 Å². The van der Waals surface area contributed by atoms with Crippen molar-refractivity contribution in [1.82, 2.24) is 24.7 Å². The second-order valence-corrected chi connectivity index (χ2v) is 5.77. The summed E-state index contributed by atoms with van der Waals surface area (Å²) in [6.45, 7) is 5.67. The van der Waals surface area contributed by atoms with Crippen molar-refractivity contribution >= 4 is 22.7 Å². The highest BCUT2D eigenvalue weighted by atomic mass is 15.3. The maximum Gasteiger partial charge on any atom is 0.163 e. The van der Waals surface area contributed by atoms with Gasteiger partial charge in [-0.25, -0.2) is 15.0 Å². The molecule has 2 N–H and O–H groups in total. The molecule has 0 amide bonds. The predicted octanol–water partition coefficient (Wildman–Crippen LogP) is 2.54. The number of anilines is 2. The lowest BCUT2D eigenvalue weighted by atomic mass is 10.3.